The van der Waals surface area contributed by atoms with Crippen LogP contribution in [0.2, 0.25) is 0 Å². The minimum absolute atomic E-state index is 0.0199. The summed E-state index contributed by atoms with van der Waals surface area (Å²) >= 11 is 0. The molecule has 0 aliphatic carbocycles. The molecule has 7 nitrogen and oxygen atoms in total. The van der Waals surface area contributed by atoms with E-state index in [-0.39, 0.29) is 17.4 Å². The molecule has 1 fully saturated rings. The largest absolute Gasteiger partial charge is 0.507 e. The van der Waals surface area contributed by atoms with E-state index in [1.807, 2.05) is 20.8 Å². The lowest BCUT2D eigenvalue weighted by atomic mass is 9.95. The predicted molar refractivity (Wildman–Crippen MR) is 133 cm³/mol. The highest BCUT2D eigenvalue weighted by Gasteiger charge is 2.45. The highest BCUT2D eigenvalue weighted by Crippen LogP contribution is 2.39. The summed E-state index contributed by atoms with van der Waals surface area (Å²) in [6.45, 7) is 13.1. The molecule has 34 heavy (non-hydrogen) atoms. The minimum atomic E-state index is -0.665. The molecule has 0 saturated carbocycles. The standard InChI is InChI=1S/C27H35N3O4/c1-6-29(7-2)15-8-16-30-24(20-11-13-28-14-12-20)23(26(32)27(30)33)25(31)21-9-10-22(19(5)17-21)34-18(3)4/h9-14,17-18,24,31H,6-8,15-16H2,1-5H3/t24-/m1/s1. The second-order valence-electron chi connectivity index (χ2n) is 8.80. The van der Waals surface area contributed by atoms with Crippen LogP contribution in [0.3, 0.4) is 0 Å². The molecule has 1 N–H and O–H groups in total. The van der Waals surface area contributed by atoms with Gasteiger partial charge in [0.15, 0.2) is 0 Å². The molecule has 0 spiro atoms. The Balaban J connectivity index is 2.00. The van der Waals surface area contributed by atoms with Crippen LogP contribution in [0, 0.1) is 6.92 Å². The summed E-state index contributed by atoms with van der Waals surface area (Å²) in [6.07, 6.45) is 4.02. The van der Waals surface area contributed by atoms with Gasteiger partial charge in [-0.25, -0.2) is 0 Å². The van der Waals surface area contributed by atoms with Crippen molar-refractivity contribution < 1.29 is 19.4 Å². The maximum atomic E-state index is 13.2. The number of amides is 1. The van der Waals surface area contributed by atoms with E-state index < -0.39 is 17.7 Å². The van der Waals surface area contributed by atoms with E-state index in [2.05, 4.69) is 23.7 Å². The quantitative estimate of drug-likeness (QED) is 0.319. The number of pyridine rings is 1. The molecule has 2 heterocycles. The fraction of sp³-hybridized carbons (Fsp3) is 0.444. The summed E-state index contributed by atoms with van der Waals surface area (Å²) in [4.78, 5) is 34.2. The van der Waals surface area contributed by atoms with Gasteiger partial charge in [0.05, 0.1) is 17.7 Å². The molecular weight excluding hydrogens is 430 g/mol. The number of likely N-dealkylation sites (tertiary alicyclic amines) is 1. The Morgan fingerprint density at radius 2 is 1.82 bits per heavy atom. The fourth-order valence-electron chi connectivity index (χ4n) is 4.35. The third kappa shape index (κ3) is 5.47. The highest BCUT2D eigenvalue weighted by atomic mass is 16.5. The van der Waals surface area contributed by atoms with Gasteiger partial charge >= 0.3 is 0 Å². The van der Waals surface area contributed by atoms with Crippen LogP contribution in [0.25, 0.3) is 5.76 Å². The number of Topliss-reactive ketones (excluding diaryl/α,β-unsaturated/α-hetero) is 1. The first-order valence-corrected chi connectivity index (χ1v) is 12.0. The molecule has 1 atom stereocenters. The third-order valence-electron chi connectivity index (χ3n) is 6.14. The monoisotopic (exact) mass is 465 g/mol. The van der Waals surface area contributed by atoms with E-state index in [0.717, 1.165) is 37.2 Å². The number of hydrogen-bond acceptors (Lipinski definition) is 6. The lowest BCUT2D eigenvalue weighted by molar-refractivity contribution is -0.140. The number of aromatic nitrogens is 1. The topological polar surface area (TPSA) is 83.0 Å². The van der Waals surface area contributed by atoms with E-state index in [4.69, 9.17) is 4.74 Å². The summed E-state index contributed by atoms with van der Waals surface area (Å²) in [5, 5.41) is 11.3. The number of ether oxygens (including phenoxy) is 1. The second kappa shape index (κ2) is 11.3. The Morgan fingerprint density at radius 3 is 2.41 bits per heavy atom. The predicted octanol–water partition coefficient (Wildman–Crippen LogP) is 4.33. The maximum absolute atomic E-state index is 13.2. The molecular formula is C27H35N3O4. The summed E-state index contributed by atoms with van der Waals surface area (Å²) in [6, 6.07) is 8.19. The molecule has 182 valence electrons. The number of carbonyl (C=O) groups excluding carboxylic acids is 2. The molecule has 1 saturated heterocycles. The molecule has 2 aromatic rings. The van der Waals surface area contributed by atoms with E-state index in [9.17, 15) is 14.7 Å². The van der Waals surface area contributed by atoms with Gasteiger partial charge in [-0.05, 0) is 88.3 Å². The van der Waals surface area contributed by atoms with Gasteiger partial charge in [0, 0.05) is 24.5 Å². The number of rotatable bonds is 10. The normalized spacial score (nSPS) is 17.7. The summed E-state index contributed by atoms with van der Waals surface area (Å²) in [7, 11) is 0. The van der Waals surface area contributed by atoms with Crippen LogP contribution in [0.5, 0.6) is 5.75 Å². The van der Waals surface area contributed by atoms with Crippen molar-refractivity contribution in [3.8, 4) is 5.75 Å². The zero-order valence-electron chi connectivity index (χ0n) is 20.7. The second-order valence-corrected chi connectivity index (χ2v) is 8.80. The number of aliphatic hydroxyl groups excluding tert-OH is 1. The molecule has 0 radical (unpaired) electrons. The average Bonchev–Trinajstić information content (AvgIpc) is 3.08. The molecule has 1 aliphatic rings. The van der Waals surface area contributed by atoms with Crippen molar-refractivity contribution in [2.75, 3.05) is 26.2 Å². The zero-order chi connectivity index (χ0) is 24.8. The van der Waals surface area contributed by atoms with Crippen LogP contribution in [0.15, 0.2) is 48.3 Å². The Labute approximate surface area is 202 Å². The van der Waals surface area contributed by atoms with Crippen molar-refractivity contribution in [3.63, 3.8) is 0 Å². The number of aliphatic hydroxyl groups is 1. The maximum Gasteiger partial charge on any atom is 0.295 e. The Kier molecular flexibility index (Phi) is 8.45. The van der Waals surface area contributed by atoms with Crippen molar-refractivity contribution in [2.45, 2.75) is 53.2 Å². The molecule has 7 heteroatoms. The number of nitrogens with zero attached hydrogens (tertiary/aromatic N) is 3. The van der Waals surface area contributed by atoms with Gasteiger partial charge in [0.2, 0.25) is 0 Å². The van der Waals surface area contributed by atoms with E-state index in [1.165, 1.54) is 0 Å². The molecule has 1 aromatic heterocycles. The molecule has 1 amide bonds. The van der Waals surface area contributed by atoms with Crippen LogP contribution in [0.4, 0.5) is 0 Å². The van der Waals surface area contributed by atoms with Crippen LogP contribution < -0.4 is 4.74 Å². The van der Waals surface area contributed by atoms with Gasteiger partial charge in [-0.3, -0.25) is 14.6 Å². The summed E-state index contributed by atoms with van der Waals surface area (Å²) in [5.41, 5.74) is 2.17. The Morgan fingerprint density at radius 1 is 1.15 bits per heavy atom. The van der Waals surface area contributed by atoms with Crippen LogP contribution in [-0.4, -0.2) is 63.9 Å². The Hall–Kier alpha value is -3.19. The average molecular weight is 466 g/mol. The first kappa shape index (κ1) is 25.4. The lowest BCUT2D eigenvalue weighted by Crippen LogP contribution is -2.33. The molecule has 1 aromatic carbocycles. The van der Waals surface area contributed by atoms with E-state index >= 15 is 0 Å². The molecule has 0 bridgehead atoms. The highest BCUT2D eigenvalue weighted by molar-refractivity contribution is 6.46. The van der Waals surface area contributed by atoms with Gasteiger partial charge < -0.3 is 19.6 Å². The fourth-order valence-corrected chi connectivity index (χ4v) is 4.35. The number of ketones is 1. The van der Waals surface area contributed by atoms with Gasteiger partial charge in [-0.15, -0.1) is 0 Å². The first-order chi connectivity index (χ1) is 16.3. The van der Waals surface area contributed by atoms with Crippen molar-refractivity contribution in [3.05, 3.63) is 65.0 Å². The smallest absolute Gasteiger partial charge is 0.295 e. The van der Waals surface area contributed by atoms with E-state index in [0.29, 0.717) is 17.9 Å². The molecule has 0 unspecified atom stereocenters. The lowest BCUT2D eigenvalue weighted by Gasteiger charge is -2.26. The molecule has 3 rings (SSSR count). The first-order valence-electron chi connectivity index (χ1n) is 12.0. The third-order valence-corrected chi connectivity index (χ3v) is 6.14. The number of benzene rings is 1. The van der Waals surface area contributed by atoms with Crippen molar-refractivity contribution in [2.24, 2.45) is 0 Å². The van der Waals surface area contributed by atoms with Crippen molar-refractivity contribution >= 4 is 17.4 Å². The molecule has 1 aliphatic heterocycles. The van der Waals surface area contributed by atoms with Crippen LogP contribution in [0.1, 0.15) is 56.8 Å². The van der Waals surface area contributed by atoms with Crippen molar-refractivity contribution in [1.82, 2.24) is 14.8 Å². The summed E-state index contributed by atoms with van der Waals surface area (Å²) in [5.74, 6) is -0.707. The van der Waals surface area contributed by atoms with Crippen molar-refractivity contribution in [1.29, 1.82) is 0 Å². The SMILES string of the molecule is CCN(CC)CCCN1C(=O)C(=O)C(=C(O)c2ccc(OC(C)C)c(C)c2)[C@H]1c1ccncc1. The summed E-state index contributed by atoms with van der Waals surface area (Å²) < 4.78 is 5.79. The van der Waals surface area contributed by atoms with Crippen LogP contribution >= 0.6 is 0 Å². The number of aryl methyl sites for hydroxylation is 1. The van der Waals surface area contributed by atoms with Gasteiger partial charge in [-0.2, -0.15) is 0 Å². The zero-order valence-corrected chi connectivity index (χ0v) is 20.7. The Bertz CT molecular complexity index is 1050. The number of carbonyl (C=O) groups is 2. The van der Waals surface area contributed by atoms with Gasteiger partial charge in [0.25, 0.3) is 11.7 Å². The number of hydrogen-bond donors (Lipinski definition) is 1. The van der Waals surface area contributed by atoms with Gasteiger partial charge in [0.1, 0.15) is 11.5 Å². The van der Waals surface area contributed by atoms with Gasteiger partial charge in [-0.1, -0.05) is 13.8 Å². The minimum Gasteiger partial charge on any atom is -0.507 e. The van der Waals surface area contributed by atoms with E-state index in [1.54, 1.807) is 47.6 Å². The van der Waals surface area contributed by atoms with Crippen LogP contribution in [-0.2, 0) is 9.59 Å².